The monoisotopic (exact) mass is 307 g/mol. The summed E-state index contributed by atoms with van der Waals surface area (Å²) in [6, 6.07) is 2.12. The molecule has 1 aliphatic rings. The zero-order valence-electron chi connectivity index (χ0n) is 12.3. The maximum Gasteiger partial charge on any atom is 0.240 e. The molecular formula is C14H21N5OS. The molecule has 0 amide bonds. The Kier molecular flexibility index (Phi) is 4.23. The van der Waals surface area contributed by atoms with Gasteiger partial charge in [-0.3, -0.25) is 5.43 Å². The van der Waals surface area contributed by atoms with Crippen LogP contribution in [-0.2, 0) is 4.74 Å². The first-order chi connectivity index (χ1) is 10.2. The van der Waals surface area contributed by atoms with Crippen LogP contribution < -0.4 is 16.6 Å². The molecule has 0 radical (unpaired) electrons. The highest BCUT2D eigenvalue weighted by atomic mass is 32.1. The van der Waals surface area contributed by atoms with Crippen LogP contribution in [-0.4, -0.2) is 29.2 Å². The maximum atomic E-state index is 5.74. The number of rotatable bonds is 5. The smallest absolute Gasteiger partial charge is 0.240 e. The summed E-state index contributed by atoms with van der Waals surface area (Å²) in [4.78, 5) is 11.0. The molecule has 1 fully saturated rings. The summed E-state index contributed by atoms with van der Waals surface area (Å²) in [5.41, 5.74) is 2.54. The molecule has 0 aliphatic carbocycles. The Morgan fingerprint density at radius 2 is 2.33 bits per heavy atom. The third-order valence-electron chi connectivity index (χ3n) is 3.93. The number of hydrogen-bond donors (Lipinski definition) is 3. The van der Waals surface area contributed by atoms with Crippen LogP contribution in [0, 0.1) is 12.8 Å². The van der Waals surface area contributed by atoms with Gasteiger partial charge in [-0.15, -0.1) is 11.3 Å². The topological polar surface area (TPSA) is 85.1 Å². The van der Waals surface area contributed by atoms with Gasteiger partial charge in [-0.05, 0) is 25.8 Å². The molecule has 4 N–H and O–H groups in total. The van der Waals surface area contributed by atoms with Gasteiger partial charge in [0, 0.05) is 23.9 Å². The standard InChI is InChI=1S/C14H21N5OS/c1-3-11-9(4-5-20-11)7-16-12-10-6-8(2)21-13(10)18-14(17-12)19-15/h6,9,11H,3-5,7,15H2,1-2H3,(H2,16,17,18,19). The van der Waals surface area contributed by atoms with Crippen LogP contribution in [0.1, 0.15) is 24.6 Å². The summed E-state index contributed by atoms with van der Waals surface area (Å²) < 4.78 is 5.74. The van der Waals surface area contributed by atoms with Gasteiger partial charge < -0.3 is 10.1 Å². The van der Waals surface area contributed by atoms with Crippen LogP contribution in [0.5, 0.6) is 0 Å². The summed E-state index contributed by atoms with van der Waals surface area (Å²) in [5.74, 6) is 7.29. The fourth-order valence-electron chi connectivity index (χ4n) is 2.85. The molecule has 6 nitrogen and oxygen atoms in total. The van der Waals surface area contributed by atoms with Gasteiger partial charge in [-0.2, -0.15) is 4.98 Å². The lowest BCUT2D eigenvalue weighted by Gasteiger charge is -2.18. The SMILES string of the molecule is CCC1OCCC1CNc1nc(NN)nc2sc(C)cc12. The predicted octanol–water partition coefficient (Wildman–Crippen LogP) is 2.51. The van der Waals surface area contributed by atoms with Gasteiger partial charge in [0.1, 0.15) is 10.6 Å². The Balaban J connectivity index is 1.82. The van der Waals surface area contributed by atoms with Crippen LogP contribution in [0.2, 0.25) is 0 Å². The van der Waals surface area contributed by atoms with Gasteiger partial charge in [-0.1, -0.05) is 6.92 Å². The number of anilines is 2. The first-order valence-corrected chi connectivity index (χ1v) is 8.13. The summed E-state index contributed by atoms with van der Waals surface area (Å²) >= 11 is 1.65. The Bertz CT molecular complexity index is 629. The molecular weight excluding hydrogens is 286 g/mol. The number of ether oxygens (including phenoxy) is 1. The number of nitrogens with one attached hydrogen (secondary N) is 2. The molecule has 1 aliphatic heterocycles. The van der Waals surface area contributed by atoms with Crippen molar-refractivity contribution in [3.8, 4) is 0 Å². The molecule has 1 saturated heterocycles. The van der Waals surface area contributed by atoms with Gasteiger partial charge in [0.25, 0.3) is 0 Å². The van der Waals surface area contributed by atoms with Crippen molar-refractivity contribution in [2.24, 2.45) is 11.8 Å². The lowest BCUT2D eigenvalue weighted by atomic mass is 10.00. The Labute approximate surface area is 128 Å². The highest BCUT2D eigenvalue weighted by molar-refractivity contribution is 7.18. The Morgan fingerprint density at radius 1 is 1.48 bits per heavy atom. The third-order valence-corrected chi connectivity index (χ3v) is 4.87. The summed E-state index contributed by atoms with van der Waals surface area (Å²) in [5, 5.41) is 4.52. The van der Waals surface area contributed by atoms with Crippen molar-refractivity contribution in [3.05, 3.63) is 10.9 Å². The van der Waals surface area contributed by atoms with Crippen LogP contribution in [0.25, 0.3) is 10.2 Å². The van der Waals surface area contributed by atoms with Crippen molar-refractivity contribution in [2.75, 3.05) is 23.9 Å². The number of aromatic nitrogens is 2. The highest BCUT2D eigenvalue weighted by Gasteiger charge is 2.26. The van der Waals surface area contributed by atoms with Crippen molar-refractivity contribution < 1.29 is 4.74 Å². The van der Waals surface area contributed by atoms with E-state index in [1.54, 1.807) is 11.3 Å². The number of thiophene rings is 1. The van der Waals surface area contributed by atoms with Crippen molar-refractivity contribution in [1.29, 1.82) is 0 Å². The quantitative estimate of drug-likeness (QED) is 0.581. The molecule has 2 aromatic rings. The highest BCUT2D eigenvalue weighted by Crippen LogP contribution is 2.30. The van der Waals surface area contributed by atoms with Crippen molar-refractivity contribution in [1.82, 2.24) is 9.97 Å². The molecule has 21 heavy (non-hydrogen) atoms. The number of nitrogen functional groups attached to an aromatic ring is 1. The fourth-order valence-corrected chi connectivity index (χ4v) is 3.73. The average molecular weight is 307 g/mol. The molecule has 2 unspecified atom stereocenters. The lowest BCUT2D eigenvalue weighted by Crippen LogP contribution is -2.23. The Hall–Kier alpha value is -1.44. The van der Waals surface area contributed by atoms with Gasteiger partial charge in [0.15, 0.2) is 0 Å². The van der Waals surface area contributed by atoms with Gasteiger partial charge >= 0.3 is 0 Å². The molecule has 2 aromatic heterocycles. The molecule has 3 rings (SSSR count). The second-order valence-corrected chi connectivity index (χ2v) is 6.60. The largest absolute Gasteiger partial charge is 0.378 e. The van der Waals surface area contributed by atoms with Crippen molar-refractivity contribution in [3.63, 3.8) is 0 Å². The predicted molar refractivity (Wildman–Crippen MR) is 86.6 cm³/mol. The second-order valence-electron chi connectivity index (χ2n) is 5.36. The van der Waals surface area contributed by atoms with E-state index in [9.17, 15) is 0 Å². The Morgan fingerprint density at radius 3 is 3.10 bits per heavy atom. The number of hydrogen-bond acceptors (Lipinski definition) is 7. The number of nitrogens with two attached hydrogens (primary N) is 1. The van der Waals surface area contributed by atoms with Crippen LogP contribution in [0.4, 0.5) is 11.8 Å². The van der Waals surface area contributed by atoms with Crippen LogP contribution in [0.15, 0.2) is 6.07 Å². The van der Waals surface area contributed by atoms with E-state index in [0.29, 0.717) is 18.0 Å². The molecule has 0 spiro atoms. The number of hydrazine groups is 1. The summed E-state index contributed by atoms with van der Waals surface area (Å²) in [6.07, 6.45) is 2.51. The van der Waals surface area contributed by atoms with E-state index in [0.717, 1.165) is 42.0 Å². The first-order valence-electron chi connectivity index (χ1n) is 7.31. The van der Waals surface area contributed by atoms with Gasteiger partial charge in [-0.25, -0.2) is 10.8 Å². The lowest BCUT2D eigenvalue weighted by molar-refractivity contribution is 0.0900. The molecule has 7 heteroatoms. The minimum absolute atomic E-state index is 0.353. The van der Waals surface area contributed by atoms with E-state index in [-0.39, 0.29) is 0 Å². The average Bonchev–Trinajstić information content (AvgIpc) is 3.09. The maximum absolute atomic E-state index is 5.74. The summed E-state index contributed by atoms with van der Waals surface area (Å²) in [6.45, 7) is 5.97. The van der Waals surface area contributed by atoms with E-state index in [2.05, 4.69) is 40.6 Å². The second kappa shape index (κ2) is 6.13. The zero-order chi connectivity index (χ0) is 14.8. The zero-order valence-corrected chi connectivity index (χ0v) is 13.2. The molecule has 2 atom stereocenters. The van der Waals surface area contributed by atoms with Crippen molar-refractivity contribution >= 4 is 33.3 Å². The molecule has 0 bridgehead atoms. The van der Waals surface area contributed by atoms with E-state index < -0.39 is 0 Å². The van der Waals surface area contributed by atoms with E-state index in [4.69, 9.17) is 10.6 Å². The van der Waals surface area contributed by atoms with Crippen LogP contribution >= 0.6 is 11.3 Å². The first kappa shape index (κ1) is 14.5. The van der Waals surface area contributed by atoms with E-state index in [1.165, 1.54) is 4.88 Å². The number of fused-ring (bicyclic) bond motifs is 1. The number of nitrogens with zero attached hydrogens (tertiary/aromatic N) is 2. The molecule has 114 valence electrons. The molecule has 0 saturated carbocycles. The van der Waals surface area contributed by atoms with Gasteiger partial charge in [0.05, 0.1) is 11.5 Å². The van der Waals surface area contributed by atoms with E-state index >= 15 is 0 Å². The minimum atomic E-state index is 0.353. The molecule has 3 heterocycles. The third kappa shape index (κ3) is 2.95. The normalized spacial score (nSPS) is 21.9. The minimum Gasteiger partial charge on any atom is -0.378 e. The van der Waals surface area contributed by atoms with E-state index in [1.807, 2.05) is 0 Å². The number of aryl methyl sites for hydroxylation is 1. The molecule has 0 aromatic carbocycles. The van der Waals surface area contributed by atoms with Crippen LogP contribution in [0.3, 0.4) is 0 Å². The van der Waals surface area contributed by atoms with Gasteiger partial charge in [0.2, 0.25) is 5.95 Å². The fraction of sp³-hybridized carbons (Fsp3) is 0.571. The summed E-state index contributed by atoms with van der Waals surface area (Å²) in [7, 11) is 0. The van der Waals surface area contributed by atoms with Crippen molar-refractivity contribution in [2.45, 2.75) is 32.8 Å².